The SMILES string of the molecule is CCN1C(Sc2ccnc(N)c2Cl)=C(C)N=C(N2CCC(C)(N)CC2)C1C(=O)O. The molecule has 0 radical (unpaired) electrons. The largest absolute Gasteiger partial charge is 0.479 e. The van der Waals surface area contributed by atoms with Crippen molar-refractivity contribution in [3.8, 4) is 0 Å². The van der Waals surface area contributed by atoms with Crippen molar-refractivity contribution in [1.82, 2.24) is 14.8 Å². The van der Waals surface area contributed by atoms with Gasteiger partial charge in [-0.25, -0.2) is 14.8 Å². The van der Waals surface area contributed by atoms with Crippen molar-refractivity contribution in [2.45, 2.75) is 50.1 Å². The number of aromatic nitrogens is 1. The number of aliphatic imine (C=N–C) groups is 1. The number of pyridine rings is 1. The third-order valence-corrected chi connectivity index (χ3v) is 7.09. The van der Waals surface area contributed by atoms with E-state index in [1.54, 1.807) is 12.3 Å². The van der Waals surface area contributed by atoms with Crippen molar-refractivity contribution in [2.24, 2.45) is 10.7 Å². The number of nitrogen functional groups attached to an aromatic ring is 1. The molecule has 0 amide bonds. The van der Waals surface area contributed by atoms with Crippen LogP contribution in [-0.2, 0) is 4.79 Å². The molecule has 1 fully saturated rings. The van der Waals surface area contributed by atoms with E-state index < -0.39 is 12.0 Å². The molecule has 1 aromatic heterocycles. The highest BCUT2D eigenvalue weighted by molar-refractivity contribution is 8.03. The number of halogens is 1. The van der Waals surface area contributed by atoms with E-state index in [4.69, 9.17) is 28.1 Å². The molecule has 8 nitrogen and oxygen atoms in total. The number of anilines is 1. The van der Waals surface area contributed by atoms with E-state index >= 15 is 0 Å². The molecule has 0 aromatic carbocycles. The predicted octanol–water partition coefficient (Wildman–Crippen LogP) is 2.60. The lowest BCUT2D eigenvalue weighted by Crippen LogP contribution is -2.58. The van der Waals surface area contributed by atoms with Crippen LogP contribution in [0.2, 0.25) is 5.02 Å². The molecule has 158 valence electrons. The van der Waals surface area contributed by atoms with Gasteiger partial charge in [0, 0.05) is 36.3 Å². The summed E-state index contributed by atoms with van der Waals surface area (Å²) in [7, 11) is 0. The molecule has 0 bridgehead atoms. The van der Waals surface area contributed by atoms with Gasteiger partial charge >= 0.3 is 5.97 Å². The van der Waals surface area contributed by atoms with Crippen LogP contribution in [0.4, 0.5) is 5.82 Å². The molecule has 5 N–H and O–H groups in total. The number of likely N-dealkylation sites (tertiary alicyclic amines) is 1. The summed E-state index contributed by atoms with van der Waals surface area (Å²) in [6.07, 6.45) is 3.17. The first-order valence-electron chi connectivity index (χ1n) is 9.55. The lowest BCUT2D eigenvalue weighted by Gasteiger charge is -2.44. The van der Waals surface area contributed by atoms with Gasteiger partial charge in [0.25, 0.3) is 0 Å². The van der Waals surface area contributed by atoms with E-state index in [0.29, 0.717) is 35.4 Å². The van der Waals surface area contributed by atoms with Crippen molar-refractivity contribution in [3.63, 3.8) is 0 Å². The Morgan fingerprint density at radius 1 is 1.45 bits per heavy atom. The first-order chi connectivity index (χ1) is 13.6. The van der Waals surface area contributed by atoms with Crippen molar-refractivity contribution >= 4 is 41.0 Å². The van der Waals surface area contributed by atoms with Gasteiger partial charge in [-0.15, -0.1) is 0 Å². The van der Waals surface area contributed by atoms with Crippen LogP contribution in [0.1, 0.15) is 33.6 Å². The maximum atomic E-state index is 12.3. The van der Waals surface area contributed by atoms with Crippen LogP contribution < -0.4 is 11.5 Å². The molecule has 0 aliphatic carbocycles. The summed E-state index contributed by atoms with van der Waals surface area (Å²) in [5.41, 5.74) is 12.6. The van der Waals surface area contributed by atoms with Crippen LogP contribution in [-0.4, -0.2) is 62.9 Å². The zero-order chi connectivity index (χ0) is 21.3. The van der Waals surface area contributed by atoms with Crippen molar-refractivity contribution in [1.29, 1.82) is 0 Å². The number of nitrogens with two attached hydrogens (primary N) is 2. The van der Waals surface area contributed by atoms with Gasteiger partial charge in [0.1, 0.15) is 11.7 Å². The number of hydrogen-bond donors (Lipinski definition) is 3. The highest BCUT2D eigenvalue weighted by atomic mass is 35.5. The summed E-state index contributed by atoms with van der Waals surface area (Å²) in [6.45, 7) is 7.74. The van der Waals surface area contributed by atoms with E-state index in [0.717, 1.165) is 23.6 Å². The minimum absolute atomic E-state index is 0.223. The second-order valence-corrected chi connectivity index (χ2v) is 9.05. The Morgan fingerprint density at radius 2 is 2.10 bits per heavy atom. The number of amidine groups is 1. The van der Waals surface area contributed by atoms with Crippen LogP contribution >= 0.6 is 23.4 Å². The zero-order valence-electron chi connectivity index (χ0n) is 16.9. The molecule has 1 atom stereocenters. The Kier molecular flexibility index (Phi) is 6.30. The number of rotatable bonds is 4. The molecule has 1 saturated heterocycles. The van der Waals surface area contributed by atoms with Gasteiger partial charge in [0.15, 0.2) is 6.04 Å². The number of carboxylic acid groups (broad SMARTS) is 1. The van der Waals surface area contributed by atoms with Crippen molar-refractivity contribution in [2.75, 3.05) is 25.4 Å². The average Bonchev–Trinajstić information content (AvgIpc) is 2.66. The first kappa shape index (κ1) is 21.7. The van der Waals surface area contributed by atoms with E-state index in [2.05, 4.69) is 9.88 Å². The lowest BCUT2D eigenvalue weighted by molar-refractivity contribution is -0.140. The lowest BCUT2D eigenvalue weighted by atomic mass is 9.90. The number of carbonyl (C=O) groups is 1. The molecule has 2 aliphatic rings. The van der Waals surface area contributed by atoms with Gasteiger partial charge in [0.2, 0.25) is 0 Å². The molecule has 3 heterocycles. The van der Waals surface area contributed by atoms with E-state index in [9.17, 15) is 9.90 Å². The van der Waals surface area contributed by atoms with Crippen LogP contribution in [0, 0.1) is 0 Å². The van der Waals surface area contributed by atoms with Crippen LogP contribution in [0.25, 0.3) is 0 Å². The predicted molar refractivity (Wildman–Crippen MR) is 117 cm³/mol. The number of nitrogens with zero attached hydrogens (tertiary/aromatic N) is 4. The maximum Gasteiger partial charge on any atom is 0.334 e. The molecule has 29 heavy (non-hydrogen) atoms. The molecule has 10 heteroatoms. The van der Waals surface area contributed by atoms with Crippen LogP contribution in [0.5, 0.6) is 0 Å². The van der Waals surface area contributed by atoms with Crippen LogP contribution in [0.15, 0.2) is 32.9 Å². The van der Waals surface area contributed by atoms with Crippen LogP contribution in [0.3, 0.4) is 0 Å². The van der Waals surface area contributed by atoms with E-state index in [1.165, 1.54) is 11.8 Å². The van der Waals surface area contributed by atoms with Crippen molar-refractivity contribution < 1.29 is 9.90 Å². The topological polar surface area (TPSA) is 121 Å². The molecule has 1 aromatic rings. The summed E-state index contributed by atoms with van der Waals surface area (Å²) < 4.78 is 0. The normalized spacial score (nSPS) is 22.0. The fraction of sp³-hybridized carbons (Fsp3) is 0.526. The minimum Gasteiger partial charge on any atom is -0.479 e. The highest BCUT2D eigenvalue weighted by Gasteiger charge is 2.40. The Hall–Kier alpha value is -1.97. The Labute approximate surface area is 180 Å². The standard InChI is InChI=1S/C19H27ClN6O2S/c1-4-26-14(18(27)28)16(25-9-6-19(3,22)7-10-25)24-11(2)17(26)29-12-5-8-23-15(21)13(12)20/h5,8,14H,4,6-7,9-10,22H2,1-3H3,(H2,21,23)(H,27,28). The summed E-state index contributed by atoms with van der Waals surface area (Å²) in [6, 6.07) is 0.894. The van der Waals surface area contributed by atoms with Gasteiger partial charge in [-0.05, 0) is 39.7 Å². The molecule has 0 spiro atoms. The first-order valence-corrected chi connectivity index (χ1v) is 10.7. The molecule has 3 rings (SSSR count). The van der Waals surface area contributed by atoms with Crippen molar-refractivity contribution in [3.05, 3.63) is 28.0 Å². The Bertz CT molecular complexity index is 862. The highest BCUT2D eigenvalue weighted by Crippen LogP contribution is 2.40. The monoisotopic (exact) mass is 438 g/mol. The number of hydrogen-bond acceptors (Lipinski definition) is 8. The summed E-state index contributed by atoms with van der Waals surface area (Å²) in [5.74, 6) is -0.124. The van der Waals surface area contributed by atoms with Gasteiger partial charge in [-0.3, -0.25) is 0 Å². The maximum absolute atomic E-state index is 12.3. The van der Waals surface area contributed by atoms with Gasteiger partial charge in [0.05, 0.1) is 15.7 Å². The van der Waals surface area contributed by atoms with Gasteiger partial charge in [-0.2, -0.15) is 0 Å². The Morgan fingerprint density at radius 3 is 2.69 bits per heavy atom. The summed E-state index contributed by atoms with van der Waals surface area (Å²) >= 11 is 7.67. The van der Waals surface area contributed by atoms with Gasteiger partial charge in [-0.1, -0.05) is 23.4 Å². The molecular formula is C19H27ClN6O2S. The quantitative estimate of drug-likeness (QED) is 0.655. The summed E-state index contributed by atoms with van der Waals surface area (Å²) in [5, 5.41) is 11.2. The number of likely N-dealkylation sites (N-methyl/N-ethyl adjacent to an activating group) is 1. The number of thioether (sulfide) groups is 1. The number of carboxylic acids is 1. The minimum atomic E-state index is -0.933. The zero-order valence-corrected chi connectivity index (χ0v) is 18.4. The second kappa shape index (κ2) is 8.41. The molecule has 2 aliphatic heterocycles. The van der Waals surface area contributed by atoms with E-state index in [-0.39, 0.29) is 11.4 Å². The fourth-order valence-electron chi connectivity index (χ4n) is 3.56. The third-order valence-electron chi connectivity index (χ3n) is 5.30. The Balaban J connectivity index is 1.99. The summed E-state index contributed by atoms with van der Waals surface area (Å²) in [4.78, 5) is 25.6. The molecule has 1 unspecified atom stereocenters. The fourth-order valence-corrected chi connectivity index (χ4v) is 4.87. The average molecular weight is 439 g/mol. The van der Waals surface area contributed by atoms with E-state index in [1.807, 2.05) is 25.7 Å². The number of aliphatic carboxylic acids is 1. The third kappa shape index (κ3) is 4.46. The molecule has 0 saturated carbocycles. The number of allylic oxidation sites excluding steroid dienone is 1. The second-order valence-electron chi connectivity index (χ2n) is 7.64. The number of piperidine rings is 1. The van der Waals surface area contributed by atoms with Gasteiger partial charge < -0.3 is 26.4 Å². The molecular weight excluding hydrogens is 412 g/mol. The smallest absolute Gasteiger partial charge is 0.334 e.